The Morgan fingerprint density at radius 3 is 2.86 bits per heavy atom. The van der Waals surface area contributed by atoms with Gasteiger partial charge in [-0.1, -0.05) is 29.5 Å². The van der Waals surface area contributed by atoms with Gasteiger partial charge in [-0.25, -0.2) is 9.97 Å². The lowest BCUT2D eigenvalue weighted by Gasteiger charge is -2.33. The number of furan rings is 1. The van der Waals surface area contributed by atoms with Crippen molar-refractivity contribution in [2.24, 2.45) is 5.92 Å². The molecule has 0 spiro atoms. The highest BCUT2D eigenvalue weighted by Gasteiger charge is 2.28. The van der Waals surface area contributed by atoms with Crippen molar-refractivity contribution in [1.29, 1.82) is 0 Å². The molecule has 150 valence electrons. The van der Waals surface area contributed by atoms with Gasteiger partial charge >= 0.3 is 0 Å². The zero-order chi connectivity index (χ0) is 20.1. The highest BCUT2D eigenvalue weighted by molar-refractivity contribution is 7.99. The van der Waals surface area contributed by atoms with Gasteiger partial charge in [-0.05, 0) is 44.0 Å². The van der Waals surface area contributed by atoms with Crippen molar-refractivity contribution >= 4 is 23.5 Å². The SMILES string of the molecule is Cc1ccc(Sc2nccnc2N2CCCC(C(=O)NCc3ccco3)C2)cc1. The first kappa shape index (κ1) is 19.5. The van der Waals surface area contributed by atoms with E-state index in [1.807, 2.05) is 12.1 Å². The summed E-state index contributed by atoms with van der Waals surface area (Å²) in [6.07, 6.45) is 6.88. The van der Waals surface area contributed by atoms with E-state index in [0.29, 0.717) is 13.1 Å². The molecular formula is C22H24N4O2S. The van der Waals surface area contributed by atoms with Crippen LogP contribution in [-0.4, -0.2) is 29.0 Å². The number of aromatic nitrogens is 2. The molecule has 7 heteroatoms. The maximum Gasteiger partial charge on any atom is 0.225 e. The average Bonchev–Trinajstić information content (AvgIpc) is 3.28. The van der Waals surface area contributed by atoms with Crippen LogP contribution in [0.2, 0.25) is 0 Å². The summed E-state index contributed by atoms with van der Waals surface area (Å²) in [7, 11) is 0. The van der Waals surface area contributed by atoms with Gasteiger partial charge in [-0.15, -0.1) is 0 Å². The molecule has 1 aliphatic rings. The van der Waals surface area contributed by atoms with Crippen LogP contribution in [0, 0.1) is 12.8 Å². The number of benzene rings is 1. The molecular weight excluding hydrogens is 384 g/mol. The molecule has 3 aromatic rings. The number of carbonyl (C=O) groups excluding carboxylic acids is 1. The summed E-state index contributed by atoms with van der Waals surface area (Å²) < 4.78 is 5.30. The number of nitrogens with zero attached hydrogens (tertiary/aromatic N) is 3. The van der Waals surface area contributed by atoms with Gasteiger partial charge in [0.25, 0.3) is 0 Å². The van der Waals surface area contributed by atoms with E-state index in [1.54, 1.807) is 30.4 Å². The molecule has 1 aliphatic heterocycles. The fourth-order valence-electron chi connectivity index (χ4n) is 3.44. The van der Waals surface area contributed by atoms with E-state index < -0.39 is 0 Å². The van der Waals surface area contributed by atoms with Crippen LogP contribution in [0.15, 0.2) is 69.4 Å². The third-order valence-electron chi connectivity index (χ3n) is 4.99. The van der Waals surface area contributed by atoms with Crippen LogP contribution in [0.1, 0.15) is 24.2 Å². The Kier molecular flexibility index (Phi) is 6.14. The van der Waals surface area contributed by atoms with E-state index in [-0.39, 0.29) is 11.8 Å². The van der Waals surface area contributed by atoms with Crippen LogP contribution in [0.4, 0.5) is 5.82 Å². The second-order valence-corrected chi connectivity index (χ2v) is 8.24. The lowest BCUT2D eigenvalue weighted by Crippen LogP contribution is -2.43. The summed E-state index contributed by atoms with van der Waals surface area (Å²) in [5.74, 6) is 1.60. The number of hydrogen-bond donors (Lipinski definition) is 1. The van der Waals surface area contributed by atoms with Gasteiger partial charge in [0.2, 0.25) is 5.91 Å². The van der Waals surface area contributed by atoms with Gasteiger partial charge in [0, 0.05) is 30.4 Å². The molecule has 0 aliphatic carbocycles. The zero-order valence-electron chi connectivity index (χ0n) is 16.4. The summed E-state index contributed by atoms with van der Waals surface area (Å²) in [6.45, 7) is 4.02. The minimum absolute atomic E-state index is 0.0581. The largest absolute Gasteiger partial charge is 0.467 e. The first-order valence-electron chi connectivity index (χ1n) is 9.79. The fraction of sp³-hybridized carbons (Fsp3) is 0.318. The van der Waals surface area contributed by atoms with Crippen molar-refractivity contribution in [3.05, 3.63) is 66.4 Å². The van der Waals surface area contributed by atoms with Gasteiger partial charge in [0.1, 0.15) is 10.8 Å². The molecule has 4 rings (SSSR count). The standard InChI is InChI=1S/C22H24N4O2S/c1-16-6-8-19(9-7-16)29-22-20(23-10-11-24-22)26-12-2-4-17(15-26)21(27)25-14-18-5-3-13-28-18/h3,5-11,13,17H,2,4,12,14-15H2,1H3,(H,25,27). The Balaban J connectivity index is 1.44. The molecule has 1 fully saturated rings. The molecule has 1 amide bonds. The lowest BCUT2D eigenvalue weighted by atomic mass is 9.97. The highest BCUT2D eigenvalue weighted by Crippen LogP contribution is 2.34. The van der Waals surface area contributed by atoms with Crippen molar-refractivity contribution in [2.45, 2.75) is 36.2 Å². The van der Waals surface area contributed by atoms with Crippen molar-refractivity contribution in [3.63, 3.8) is 0 Å². The molecule has 1 saturated heterocycles. The molecule has 2 aromatic heterocycles. The van der Waals surface area contributed by atoms with Gasteiger partial charge < -0.3 is 14.6 Å². The minimum atomic E-state index is -0.0713. The Morgan fingerprint density at radius 1 is 1.24 bits per heavy atom. The molecule has 1 aromatic carbocycles. The highest BCUT2D eigenvalue weighted by atomic mass is 32.2. The van der Waals surface area contributed by atoms with Gasteiger partial charge in [-0.3, -0.25) is 4.79 Å². The van der Waals surface area contributed by atoms with Gasteiger partial charge in [0.05, 0.1) is 18.7 Å². The van der Waals surface area contributed by atoms with E-state index in [2.05, 4.69) is 51.4 Å². The summed E-state index contributed by atoms with van der Waals surface area (Å²) in [6, 6.07) is 12.1. The molecule has 1 unspecified atom stereocenters. The molecule has 29 heavy (non-hydrogen) atoms. The number of hydrogen-bond acceptors (Lipinski definition) is 6. The molecule has 1 atom stereocenters. The Hall–Kier alpha value is -2.80. The van der Waals surface area contributed by atoms with Gasteiger partial charge in [-0.2, -0.15) is 0 Å². The molecule has 3 heterocycles. The topological polar surface area (TPSA) is 71.3 Å². The number of carbonyl (C=O) groups is 1. The van der Waals surface area contributed by atoms with Crippen LogP contribution < -0.4 is 10.2 Å². The lowest BCUT2D eigenvalue weighted by molar-refractivity contribution is -0.125. The van der Waals surface area contributed by atoms with Crippen LogP contribution in [-0.2, 0) is 11.3 Å². The monoisotopic (exact) mass is 408 g/mol. The third-order valence-corrected chi connectivity index (χ3v) is 5.98. The van der Waals surface area contributed by atoms with Crippen LogP contribution >= 0.6 is 11.8 Å². The van der Waals surface area contributed by atoms with Crippen molar-refractivity contribution < 1.29 is 9.21 Å². The normalized spacial score (nSPS) is 16.6. The minimum Gasteiger partial charge on any atom is -0.467 e. The van der Waals surface area contributed by atoms with E-state index in [4.69, 9.17) is 4.42 Å². The molecule has 1 N–H and O–H groups in total. The second kappa shape index (κ2) is 9.13. The number of nitrogens with one attached hydrogen (secondary N) is 1. The zero-order valence-corrected chi connectivity index (χ0v) is 17.2. The summed E-state index contributed by atoms with van der Waals surface area (Å²) >= 11 is 1.61. The maximum absolute atomic E-state index is 12.7. The molecule has 0 bridgehead atoms. The Bertz CT molecular complexity index is 944. The van der Waals surface area contributed by atoms with Crippen LogP contribution in [0.25, 0.3) is 0 Å². The summed E-state index contributed by atoms with van der Waals surface area (Å²) in [4.78, 5) is 25.1. The molecule has 0 saturated carbocycles. The van der Waals surface area contributed by atoms with Crippen LogP contribution in [0.3, 0.4) is 0 Å². The number of amides is 1. The van der Waals surface area contributed by atoms with E-state index in [1.165, 1.54) is 5.56 Å². The van der Waals surface area contributed by atoms with Crippen molar-refractivity contribution in [3.8, 4) is 0 Å². The quantitative estimate of drug-likeness (QED) is 0.663. The molecule has 0 radical (unpaired) electrons. The van der Waals surface area contributed by atoms with Crippen LogP contribution in [0.5, 0.6) is 0 Å². The fourth-order valence-corrected chi connectivity index (χ4v) is 4.32. The number of aryl methyl sites for hydroxylation is 1. The predicted molar refractivity (Wildman–Crippen MR) is 113 cm³/mol. The van der Waals surface area contributed by atoms with Crippen molar-refractivity contribution in [1.82, 2.24) is 15.3 Å². The van der Waals surface area contributed by atoms with Crippen molar-refractivity contribution in [2.75, 3.05) is 18.0 Å². The Labute approximate surface area is 174 Å². The maximum atomic E-state index is 12.7. The predicted octanol–water partition coefficient (Wildman–Crippen LogP) is 4.06. The number of rotatable bonds is 6. The summed E-state index contributed by atoms with van der Waals surface area (Å²) in [5.41, 5.74) is 1.23. The third kappa shape index (κ3) is 4.98. The van der Waals surface area contributed by atoms with E-state index in [9.17, 15) is 4.79 Å². The summed E-state index contributed by atoms with van der Waals surface area (Å²) in [5, 5.41) is 3.85. The smallest absolute Gasteiger partial charge is 0.225 e. The van der Waals surface area contributed by atoms with E-state index in [0.717, 1.165) is 40.9 Å². The first-order chi connectivity index (χ1) is 14.2. The second-order valence-electron chi connectivity index (χ2n) is 7.18. The average molecular weight is 409 g/mol. The number of anilines is 1. The van der Waals surface area contributed by atoms with E-state index >= 15 is 0 Å². The van der Waals surface area contributed by atoms with Gasteiger partial charge in [0.15, 0.2) is 5.82 Å². The Morgan fingerprint density at radius 2 is 2.07 bits per heavy atom. The first-order valence-corrected chi connectivity index (χ1v) is 10.6. The number of piperidine rings is 1. The molecule has 6 nitrogen and oxygen atoms in total.